The molecular formula is C22H19N3O2. The van der Waals surface area contributed by atoms with E-state index in [9.17, 15) is 0 Å². The number of benzene rings is 2. The van der Waals surface area contributed by atoms with Crippen molar-refractivity contribution in [2.24, 2.45) is 0 Å². The predicted molar refractivity (Wildman–Crippen MR) is 105 cm³/mol. The van der Waals surface area contributed by atoms with Crippen LogP contribution in [-0.2, 0) is 6.54 Å². The summed E-state index contributed by atoms with van der Waals surface area (Å²) < 4.78 is 13.1. The maximum absolute atomic E-state index is 5.55. The molecule has 2 aromatic heterocycles. The van der Waals surface area contributed by atoms with Crippen LogP contribution in [0.1, 0.15) is 11.1 Å². The van der Waals surface area contributed by atoms with Gasteiger partial charge in [-0.05, 0) is 42.3 Å². The topological polar surface area (TPSA) is 47.8 Å². The third-order valence-corrected chi connectivity index (χ3v) is 4.72. The Kier molecular flexibility index (Phi) is 3.71. The van der Waals surface area contributed by atoms with E-state index in [1.807, 2.05) is 30.3 Å². The van der Waals surface area contributed by atoms with Crippen LogP contribution < -0.4 is 14.8 Å². The normalized spacial score (nSPS) is 12.5. The van der Waals surface area contributed by atoms with Crippen molar-refractivity contribution in [3.8, 4) is 22.8 Å². The smallest absolute Gasteiger partial charge is 0.231 e. The third kappa shape index (κ3) is 2.87. The number of anilines is 1. The maximum Gasteiger partial charge on any atom is 0.231 e. The Morgan fingerprint density at radius 2 is 1.85 bits per heavy atom. The molecule has 2 aromatic carbocycles. The monoisotopic (exact) mass is 357 g/mol. The van der Waals surface area contributed by atoms with E-state index in [2.05, 4.69) is 53.2 Å². The van der Waals surface area contributed by atoms with Gasteiger partial charge < -0.3 is 14.8 Å². The molecule has 1 aliphatic heterocycles. The van der Waals surface area contributed by atoms with Crippen molar-refractivity contribution in [2.45, 2.75) is 13.5 Å². The van der Waals surface area contributed by atoms with E-state index < -0.39 is 0 Å². The van der Waals surface area contributed by atoms with Gasteiger partial charge in [0.2, 0.25) is 6.79 Å². The molecule has 0 saturated carbocycles. The summed E-state index contributed by atoms with van der Waals surface area (Å²) in [5, 5.41) is 3.57. The molecule has 0 bridgehead atoms. The van der Waals surface area contributed by atoms with Crippen LogP contribution in [0.2, 0.25) is 0 Å². The lowest BCUT2D eigenvalue weighted by Gasteiger charge is -2.10. The van der Waals surface area contributed by atoms with Crippen LogP contribution in [0.25, 0.3) is 16.9 Å². The molecule has 0 atom stereocenters. The summed E-state index contributed by atoms with van der Waals surface area (Å²) in [6.07, 6.45) is 2.10. The SMILES string of the molecule is Cc1ccc2nc(-c3ccc4c(c3)OCO4)c(NCc3ccccc3)n2c1. The van der Waals surface area contributed by atoms with Gasteiger partial charge in [0.25, 0.3) is 0 Å². The van der Waals surface area contributed by atoms with E-state index >= 15 is 0 Å². The lowest BCUT2D eigenvalue weighted by Crippen LogP contribution is -2.03. The fraction of sp³-hybridized carbons (Fsp3) is 0.136. The molecule has 0 amide bonds. The number of rotatable bonds is 4. The Hall–Kier alpha value is -3.47. The number of aryl methyl sites for hydroxylation is 1. The minimum Gasteiger partial charge on any atom is -0.454 e. The van der Waals surface area contributed by atoms with Crippen LogP contribution in [0.3, 0.4) is 0 Å². The van der Waals surface area contributed by atoms with Crippen molar-refractivity contribution >= 4 is 11.5 Å². The number of hydrogen-bond acceptors (Lipinski definition) is 4. The van der Waals surface area contributed by atoms with Crippen molar-refractivity contribution in [2.75, 3.05) is 12.1 Å². The molecule has 0 radical (unpaired) electrons. The van der Waals surface area contributed by atoms with Crippen molar-refractivity contribution in [3.63, 3.8) is 0 Å². The van der Waals surface area contributed by atoms with E-state index in [-0.39, 0.29) is 6.79 Å². The number of pyridine rings is 1. The van der Waals surface area contributed by atoms with Gasteiger partial charge in [0, 0.05) is 18.3 Å². The fourth-order valence-electron chi connectivity index (χ4n) is 3.35. The Labute approximate surface area is 157 Å². The van der Waals surface area contributed by atoms with Gasteiger partial charge in [-0.3, -0.25) is 4.40 Å². The Morgan fingerprint density at radius 3 is 2.74 bits per heavy atom. The van der Waals surface area contributed by atoms with Gasteiger partial charge in [-0.25, -0.2) is 4.98 Å². The molecule has 1 N–H and O–H groups in total. The molecule has 0 fully saturated rings. The zero-order chi connectivity index (χ0) is 18.2. The Morgan fingerprint density at radius 1 is 1.00 bits per heavy atom. The van der Waals surface area contributed by atoms with Gasteiger partial charge in [-0.2, -0.15) is 0 Å². The summed E-state index contributed by atoms with van der Waals surface area (Å²) in [7, 11) is 0. The molecule has 0 spiro atoms. The molecule has 0 saturated heterocycles. The molecular weight excluding hydrogens is 338 g/mol. The molecule has 1 aliphatic rings. The number of nitrogens with zero attached hydrogens (tertiary/aromatic N) is 2. The van der Waals surface area contributed by atoms with Crippen LogP contribution in [-0.4, -0.2) is 16.2 Å². The number of hydrogen-bond donors (Lipinski definition) is 1. The van der Waals surface area contributed by atoms with Crippen molar-refractivity contribution < 1.29 is 9.47 Å². The van der Waals surface area contributed by atoms with E-state index in [1.165, 1.54) is 11.1 Å². The fourth-order valence-corrected chi connectivity index (χ4v) is 3.35. The quantitative estimate of drug-likeness (QED) is 0.577. The Balaban J connectivity index is 1.60. The first-order valence-electron chi connectivity index (χ1n) is 8.94. The summed E-state index contributed by atoms with van der Waals surface area (Å²) in [5.41, 5.74) is 5.20. The van der Waals surface area contributed by atoms with E-state index in [1.54, 1.807) is 0 Å². The molecule has 5 nitrogen and oxygen atoms in total. The average molecular weight is 357 g/mol. The van der Waals surface area contributed by atoms with E-state index in [0.29, 0.717) is 0 Å². The van der Waals surface area contributed by atoms with E-state index in [4.69, 9.17) is 14.5 Å². The number of ether oxygens (including phenoxy) is 2. The first-order chi connectivity index (χ1) is 13.3. The van der Waals surface area contributed by atoms with Crippen molar-refractivity contribution in [3.05, 3.63) is 78.0 Å². The molecule has 0 aliphatic carbocycles. The van der Waals surface area contributed by atoms with Gasteiger partial charge in [0.05, 0.1) is 0 Å². The first kappa shape index (κ1) is 15.8. The molecule has 5 heteroatoms. The highest BCUT2D eigenvalue weighted by Gasteiger charge is 2.19. The van der Waals surface area contributed by atoms with E-state index in [0.717, 1.165) is 40.8 Å². The molecule has 134 valence electrons. The molecule has 4 aromatic rings. The summed E-state index contributed by atoms with van der Waals surface area (Å²) in [6.45, 7) is 3.07. The summed E-state index contributed by atoms with van der Waals surface area (Å²) in [6, 6.07) is 20.4. The third-order valence-electron chi connectivity index (χ3n) is 4.72. The zero-order valence-electron chi connectivity index (χ0n) is 15.0. The molecule has 0 unspecified atom stereocenters. The summed E-state index contributed by atoms with van der Waals surface area (Å²) in [4.78, 5) is 4.87. The second-order valence-corrected chi connectivity index (χ2v) is 6.65. The van der Waals surface area contributed by atoms with Crippen LogP contribution in [0.4, 0.5) is 5.82 Å². The maximum atomic E-state index is 5.55. The highest BCUT2D eigenvalue weighted by molar-refractivity contribution is 5.78. The van der Waals surface area contributed by atoms with Crippen LogP contribution >= 0.6 is 0 Å². The van der Waals surface area contributed by atoms with Gasteiger partial charge >= 0.3 is 0 Å². The van der Waals surface area contributed by atoms with Crippen molar-refractivity contribution in [1.82, 2.24) is 9.38 Å². The molecule has 5 rings (SSSR count). The lowest BCUT2D eigenvalue weighted by molar-refractivity contribution is 0.174. The largest absolute Gasteiger partial charge is 0.454 e. The highest BCUT2D eigenvalue weighted by atomic mass is 16.7. The minimum atomic E-state index is 0.266. The first-order valence-corrected chi connectivity index (χ1v) is 8.94. The van der Waals surface area contributed by atoms with Gasteiger partial charge in [0.15, 0.2) is 11.5 Å². The van der Waals surface area contributed by atoms with Crippen molar-refractivity contribution in [1.29, 1.82) is 0 Å². The van der Waals surface area contributed by atoms with Gasteiger partial charge in [-0.1, -0.05) is 36.4 Å². The van der Waals surface area contributed by atoms with Crippen LogP contribution in [0.15, 0.2) is 66.9 Å². The highest BCUT2D eigenvalue weighted by Crippen LogP contribution is 2.38. The number of nitrogens with one attached hydrogen (secondary N) is 1. The number of imidazole rings is 1. The Bertz CT molecular complexity index is 1120. The van der Waals surface area contributed by atoms with Gasteiger partial charge in [0.1, 0.15) is 17.2 Å². The van der Waals surface area contributed by atoms with Crippen LogP contribution in [0, 0.1) is 6.92 Å². The average Bonchev–Trinajstić information content (AvgIpc) is 3.30. The zero-order valence-corrected chi connectivity index (χ0v) is 15.0. The predicted octanol–water partition coefficient (Wildman–Crippen LogP) is 4.65. The number of fused-ring (bicyclic) bond motifs is 2. The standard InChI is InChI=1S/C22H19N3O2/c1-15-7-10-20-24-21(17-8-9-18-19(11-17)27-14-26-18)22(25(20)13-15)23-12-16-5-3-2-4-6-16/h2-11,13,23H,12,14H2,1H3. The van der Waals surface area contributed by atoms with Gasteiger partial charge in [-0.15, -0.1) is 0 Å². The summed E-state index contributed by atoms with van der Waals surface area (Å²) >= 11 is 0. The molecule has 3 heterocycles. The lowest BCUT2D eigenvalue weighted by atomic mass is 10.1. The van der Waals surface area contributed by atoms with Crippen LogP contribution in [0.5, 0.6) is 11.5 Å². The summed E-state index contributed by atoms with van der Waals surface area (Å²) in [5.74, 6) is 2.50. The molecule has 27 heavy (non-hydrogen) atoms. The number of aromatic nitrogens is 2. The minimum absolute atomic E-state index is 0.266. The second kappa shape index (κ2) is 6.36. The second-order valence-electron chi connectivity index (χ2n) is 6.65.